The smallest absolute Gasteiger partial charge is 0.326 e. The maximum atomic E-state index is 12.4. The monoisotopic (exact) mass is 254 g/mol. The predicted molar refractivity (Wildman–Crippen MR) is 67.4 cm³/mol. The molecule has 0 saturated carbocycles. The number of amides is 2. The third kappa shape index (κ3) is 2.94. The maximum absolute atomic E-state index is 12.4. The van der Waals surface area contributed by atoms with E-state index >= 15 is 0 Å². The third-order valence-corrected chi connectivity index (χ3v) is 3.91. The first-order valence-corrected chi connectivity index (χ1v) is 6.98. The molecule has 0 spiro atoms. The van der Waals surface area contributed by atoms with Crippen molar-refractivity contribution < 1.29 is 14.7 Å². The van der Waals surface area contributed by atoms with Gasteiger partial charge >= 0.3 is 12.0 Å². The van der Waals surface area contributed by atoms with E-state index in [0.717, 1.165) is 51.6 Å². The molecule has 1 N–H and O–H groups in total. The Morgan fingerprint density at radius 1 is 0.889 bits per heavy atom. The fraction of sp³-hybridized carbons (Fsp3) is 0.846. The summed E-state index contributed by atoms with van der Waals surface area (Å²) in [4.78, 5) is 27.1. The summed E-state index contributed by atoms with van der Waals surface area (Å²) in [5.41, 5.74) is 0. The predicted octanol–water partition coefficient (Wildman–Crippen LogP) is 1.92. The second-order valence-corrected chi connectivity index (χ2v) is 5.23. The van der Waals surface area contributed by atoms with Crippen LogP contribution in [0.5, 0.6) is 0 Å². The summed E-state index contributed by atoms with van der Waals surface area (Å²) in [5, 5.41) is 9.30. The molecule has 0 aliphatic carbocycles. The van der Waals surface area contributed by atoms with Crippen LogP contribution in [0.3, 0.4) is 0 Å². The zero-order valence-electron chi connectivity index (χ0n) is 10.8. The number of carbonyl (C=O) groups excluding carboxylic acids is 1. The minimum Gasteiger partial charge on any atom is -0.480 e. The van der Waals surface area contributed by atoms with Crippen molar-refractivity contribution in [2.45, 2.75) is 51.0 Å². The van der Waals surface area contributed by atoms with Gasteiger partial charge in [-0.15, -0.1) is 0 Å². The van der Waals surface area contributed by atoms with Gasteiger partial charge in [-0.25, -0.2) is 9.59 Å². The van der Waals surface area contributed by atoms with Crippen LogP contribution < -0.4 is 0 Å². The standard InChI is InChI=1S/C13H22N2O3/c16-12(17)11-7-3-1-2-4-10-15(11)13(18)14-8-5-6-9-14/h11H,1-10H2,(H,16,17). The van der Waals surface area contributed by atoms with Gasteiger partial charge in [0.2, 0.25) is 0 Å². The molecule has 2 rings (SSSR count). The fourth-order valence-electron chi connectivity index (χ4n) is 2.86. The highest BCUT2D eigenvalue weighted by Gasteiger charge is 2.33. The van der Waals surface area contributed by atoms with E-state index in [2.05, 4.69) is 0 Å². The molecular formula is C13H22N2O3. The van der Waals surface area contributed by atoms with Crippen LogP contribution in [0, 0.1) is 0 Å². The van der Waals surface area contributed by atoms with Gasteiger partial charge in [0.1, 0.15) is 6.04 Å². The minimum atomic E-state index is -0.857. The van der Waals surface area contributed by atoms with Gasteiger partial charge in [-0.05, 0) is 25.7 Å². The lowest BCUT2D eigenvalue weighted by atomic mass is 10.0. The Labute approximate surface area is 108 Å². The first-order chi connectivity index (χ1) is 8.70. The fourth-order valence-corrected chi connectivity index (χ4v) is 2.86. The topological polar surface area (TPSA) is 60.9 Å². The summed E-state index contributed by atoms with van der Waals surface area (Å²) in [7, 11) is 0. The van der Waals surface area contributed by atoms with Crippen molar-refractivity contribution in [2.75, 3.05) is 19.6 Å². The molecule has 1 atom stereocenters. The molecule has 2 aliphatic rings. The number of likely N-dealkylation sites (tertiary alicyclic amines) is 2. The lowest BCUT2D eigenvalue weighted by Gasteiger charge is -2.33. The summed E-state index contributed by atoms with van der Waals surface area (Å²) in [5.74, 6) is -0.857. The highest BCUT2D eigenvalue weighted by Crippen LogP contribution is 2.20. The quantitative estimate of drug-likeness (QED) is 0.777. The van der Waals surface area contributed by atoms with Crippen LogP contribution in [0.4, 0.5) is 4.79 Å². The van der Waals surface area contributed by atoms with Gasteiger partial charge < -0.3 is 14.9 Å². The maximum Gasteiger partial charge on any atom is 0.326 e. The molecule has 102 valence electrons. The Morgan fingerprint density at radius 2 is 1.50 bits per heavy atom. The molecule has 1 unspecified atom stereocenters. The first kappa shape index (κ1) is 13.2. The molecule has 18 heavy (non-hydrogen) atoms. The van der Waals surface area contributed by atoms with E-state index in [0.29, 0.717) is 13.0 Å². The zero-order chi connectivity index (χ0) is 13.0. The first-order valence-electron chi connectivity index (χ1n) is 6.98. The lowest BCUT2D eigenvalue weighted by Crippen LogP contribution is -2.51. The van der Waals surface area contributed by atoms with E-state index in [1.165, 1.54) is 0 Å². The van der Waals surface area contributed by atoms with Crippen molar-refractivity contribution in [3.05, 3.63) is 0 Å². The van der Waals surface area contributed by atoms with Crippen LogP contribution in [0.1, 0.15) is 44.9 Å². The average molecular weight is 254 g/mol. The number of carboxylic acid groups (broad SMARTS) is 1. The number of carbonyl (C=O) groups is 2. The highest BCUT2D eigenvalue weighted by atomic mass is 16.4. The van der Waals surface area contributed by atoms with E-state index in [1.807, 2.05) is 0 Å². The van der Waals surface area contributed by atoms with Gasteiger partial charge in [0.15, 0.2) is 0 Å². The van der Waals surface area contributed by atoms with Crippen molar-refractivity contribution in [3.63, 3.8) is 0 Å². The van der Waals surface area contributed by atoms with Gasteiger partial charge in [-0.2, -0.15) is 0 Å². The normalized spacial score (nSPS) is 25.7. The van der Waals surface area contributed by atoms with Gasteiger partial charge in [0.25, 0.3) is 0 Å². The third-order valence-electron chi connectivity index (χ3n) is 3.91. The second kappa shape index (κ2) is 6.07. The molecule has 2 fully saturated rings. The number of rotatable bonds is 1. The van der Waals surface area contributed by atoms with Crippen LogP contribution in [0.15, 0.2) is 0 Å². The Balaban J connectivity index is 2.07. The number of hydrogen-bond donors (Lipinski definition) is 1. The van der Waals surface area contributed by atoms with E-state index in [-0.39, 0.29) is 6.03 Å². The van der Waals surface area contributed by atoms with E-state index in [4.69, 9.17) is 0 Å². The van der Waals surface area contributed by atoms with E-state index in [9.17, 15) is 14.7 Å². The number of urea groups is 1. The summed E-state index contributed by atoms with van der Waals surface area (Å²) in [6, 6.07) is -0.694. The molecule has 2 aliphatic heterocycles. The van der Waals surface area contributed by atoms with Gasteiger partial charge in [-0.3, -0.25) is 0 Å². The summed E-state index contributed by atoms with van der Waals surface area (Å²) in [6.07, 6.45) is 6.67. The van der Waals surface area contributed by atoms with E-state index < -0.39 is 12.0 Å². The molecule has 0 bridgehead atoms. The number of aliphatic carboxylic acids is 1. The van der Waals surface area contributed by atoms with Crippen LogP contribution in [-0.4, -0.2) is 52.6 Å². The lowest BCUT2D eigenvalue weighted by molar-refractivity contribution is -0.142. The Kier molecular flexibility index (Phi) is 4.44. The van der Waals surface area contributed by atoms with Crippen LogP contribution in [0.2, 0.25) is 0 Å². The molecule has 5 heteroatoms. The second-order valence-electron chi connectivity index (χ2n) is 5.23. The Hall–Kier alpha value is -1.26. The molecule has 0 aromatic heterocycles. The Bertz CT molecular complexity index is 313. The molecule has 5 nitrogen and oxygen atoms in total. The summed E-state index contributed by atoms with van der Waals surface area (Å²) in [6.45, 7) is 2.15. The molecule has 0 aromatic rings. The SMILES string of the molecule is O=C(O)C1CCCCCCN1C(=O)N1CCCC1. The number of hydrogen-bond acceptors (Lipinski definition) is 2. The Morgan fingerprint density at radius 3 is 2.17 bits per heavy atom. The van der Waals surface area contributed by atoms with Gasteiger partial charge in [0.05, 0.1) is 0 Å². The number of nitrogens with zero attached hydrogens (tertiary/aromatic N) is 2. The zero-order valence-corrected chi connectivity index (χ0v) is 10.8. The van der Waals surface area contributed by atoms with Crippen molar-refractivity contribution in [1.29, 1.82) is 0 Å². The summed E-state index contributed by atoms with van der Waals surface area (Å²) < 4.78 is 0. The van der Waals surface area contributed by atoms with Crippen LogP contribution in [0.25, 0.3) is 0 Å². The molecule has 2 heterocycles. The van der Waals surface area contributed by atoms with Gasteiger partial charge in [0, 0.05) is 19.6 Å². The van der Waals surface area contributed by atoms with Gasteiger partial charge in [-0.1, -0.05) is 19.3 Å². The highest BCUT2D eigenvalue weighted by molar-refractivity contribution is 5.82. The molecule has 2 amide bonds. The van der Waals surface area contributed by atoms with Crippen LogP contribution >= 0.6 is 0 Å². The van der Waals surface area contributed by atoms with Crippen LogP contribution in [-0.2, 0) is 4.79 Å². The van der Waals surface area contributed by atoms with Crippen molar-refractivity contribution >= 4 is 12.0 Å². The average Bonchev–Trinajstić information content (AvgIpc) is 2.80. The van der Waals surface area contributed by atoms with Crippen molar-refractivity contribution in [1.82, 2.24) is 9.80 Å². The van der Waals surface area contributed by atoms with Crippen molar-refractivity contribution in [3.8, 4) is 0 Å². The largest absolute Gasteiger partial charge is 0.480 e. The van der Waals surface area contributed by atoms with Crippen molar-refractivity contribution in [2.24, 2.45) is 0 Å². The minimum absolute atomic E-state index is 0.0678. The molecule has 2 saturated heterocycles. The summed E-state index contributed by atoms with van der Waals surface area (Å²) >= 11 is 0. The molecule has 0 radical (unpaired) electrons. The van der Waals surface area contributed by atoms with E-state index in [1.54, 1.807) is 9.80 Å². The molecular weight excluding hydrogens is 232 g/mol. The molecule has 0 aromatic carbocycles. The number of carboxylic acids is 1.